The largest absolute Gasteiger partial charge is 0.354 e. The molecule has 17 heavy (non-hydrogen) atoms. The summed E-state index contributed by atoms with van der Waals surface area (Å²) in [5.41, 5.74) is 0.597. The molecule has 1 aromatic heterocycles. The van der Waals surface area contributed by atoms with Crippen LogP contribution in [-0.2, 0) is 0 Å². The van der Waals surface area contributed by atoms with Crippen LogP contribution in [0.1, 0.15) is 24.8 Å². The molecule has 0 spiro atoms. The fourth-order valence-electron chi connectivity index (χ4n) is 2.23. The van der Waals surface area contributed by atoms with Crippen molar-refractivity contribution in [3.8, 4) is 6.07 Å². The molecule has 1 aromatic rings. The third-order valence-electron chi connectivity index (χ3n) is 3.25. The van der Waals surface area contributed by atoms with Crippen molar-refractivity contribution in [1.29, 1.82) is 5.26 Å². The van der Waals surface area contributed by atoms with Crippen LogP contribution in [0.2, 0.25) is 0 Å². The third kappa shape index (κ3) is 2.71. The van der Waals surface area contributed by atoms with Crippen LogP contribution in [0.5, 0.6) is 0 Å². The van der Waals surface area contributed by atoms with E-state index in [2.05, 4.69) is 26.5 Å². The van der Waals surface area contributed by atoms with Gasteiger partial charge in [-0.05, 0) is 38.4 Å². The first-order valence-corrected chi connectivity index (χ1v) is 5.98. The van der Waals surface area contributed by atoms with Crippen molar-refractivity contribution in [3.05, 3.63) is 17.8 Å². The molecular formula is C12H17N5. The van der Waals surface area contributed by atoms with Crippen molar-refractivity contribution in [3.63, 3.8) is 0 Å². The molecule has 1 aliphatic heterocycles. The van der Waals surface area contributed by atoms with Gasteiger partial charge in [0.1, 0.15) is 6.07 Å². The zero-order valence-corrected chi connectivity index (χ0v) is 10.1. The predicted molar refractivity (Wildman–Crippen MR) is 65.7 cm³/mol. The maximum Gasteiger partial charge on any atom is 0.169 e. The van der Waals surface area contributed by atoms with Gasteiger partial charge in [-0.3, -0.25) is 0 Å². The lowest BCUT2D eigenvalue weighted by atomic mass is 10.1. The molecule has 90 valence electrons. The summed E-state index contributed by atoms with van der Waals surface area (Å²) in [6.07, 6.45) is 4.94. The molecule has 5 heteroatoms. The van der Waals surface area contributed by atoms with Crippen molar-refractivity contribution < 1.29 is 0 Å². The van der Waals surface area contributed by atoms with Crippen LogP contribution in [0.3, 0.4) is 0 Å². The van der Waals surface area contributed by atoms with Crippen LogP contribution < -0.4 is 10.2 Å². The summed E-state index contributed by atoms with van der Waals surface area (Å²) < 4.78 is 0. The van der Waals surface area contributed by atoms with Gasteiger partial charge in [-0.15, -0.1) is 5.10 Å². The van der Waals surface area contributed by atoms with E-state index in [0.717, 1.165) is 32.4 Å². The molecule has 0 radical (unpaired) electrons. The fourth-order valence-corrected chi connectivity index (χ4v) is 2.23. The topological polar surface area (TPSA) is 64.8 Å². The summed E-state index contributed by atoms with van der Waals surface area (Å²) in [6.45, 7) is 2.10. The average Bonchev–Trinajstić information content (AvgIpc) is 2.66. The van der Waals surface area contributed by atoms with Gasteiger partial charge in [0.2, 0.25) is 0 Å². The summed E-state index contributed by atoms with van der Waals surface area (Å²) >= 11 is 0. The summed E-state index contributed by atoms with van der Waals surface area (Å²) in [5.74, 6) is 0.696. The SMILES string of the molecule is CN(c1nnccc1C#N)C1CCCNCC1. The lowest BCUT2D eigenvalue weighted by molar-refractivity contribution is 0.560. The van der Waals surface area contributed by atoms with E-state index in [1.807, 2.05) is 7.05 Å². The minimum atomic E-state index is 0.439. The van der Waals surface area contributed by atoms with Crippen molar-refractivity contribution in [1.82, 2.24) is 15.5 Å². The first kappa shape index (κ1) is 11.8. The van der Waals surface area contributed by atoms with Crippen molar-refractivity contribution in [2.45, 2.75) is 25.3 Å². The maximum absolute atomic E-state index is 9.06. The second kappa shape index (κ2) is 5.60. The molecule has 0 amide bonds. The van der Waals surface area contributed by atoms with Gasteiger partial charge in [0.05, 0.1) is 11.8 Å². The van der Waals surface area contributed by atoms with E-state index in [-0.39, 0.29) is 0 Å². The minimum Gasteiger partial charge on any atom is -0.354 e. The van der Waals surface area contributed by atoms with Crippen LogP contribution in [-0.4, -0.2) is 36.4 Å². The number of nitriles is 1. The Balaban J connectivity index is 2.17. The van der Waals surface area contributed by atoms with Gasteiger partial charge in [0.25, 0.3) is 0 Å². The maximum atomic E-state index is 9.06. The quantitative estimate of drug-likeness (QED) is 0.820. The fraction of sp³-hybridized carbons (Fsp3) is 0.583. The Labute approximate surface area is 101 Å². The molecule has 1 atom stereocenters. The van der Waals surface area contributed by atoms with Crippen molar-refractivity contribution in [2.75, 3.05) is 25.0 Å². The number of anilines is 1. The Morgan fingerprint density at radius 3 is 3.18 bits per heavy atom. The van der Waals surface area contributed by atoms with E-state index in [0.29, 0.717) is 17.4 Å². The zero-order valence-electron chi connectivity index (χ0n) is 10.1. The molecular weight excluding hydrogens is 214 g/mol. The molecule has 0 aliphatic carbocycles. The standard InChI is InChI=1S/C12H17N5/c1-17(11-3-2-6-14-7-5-11)12-10(9-13)4-8-15-16-12/h4,8,11,14H,2-3,5-7H2,1H3. The molecule has 2 heterocycles. The minimum absolute atomic E-state index is 0.439. The van der Waals surface area contributed by atoms with Crippen molar-refractivity contribution in [2.24, 2.45) is 0 Å². The highest BCUT2D eigenvalue weighted by atomic mass is 15.3. The number of nitrogens with one attached hydrogen (secondary N) is 1. The summed E-state index contributed by atoms with van der Waals surface area (Å²) in [4.78, 5) is 2.10. The molecule has 2 rings (SSSR count). The Morgan fingerprint density at radius 2 is 2.35 bits per heavy atom. The van der Waals surface area contributed by atoms with E-state index in [4.69, 9.17) is 5.26 Å². The van der Waals surface area contributed by atoms with Gasteiger partial charge in [0, 0.05) is 13.1 Å². The van der Waals surface area contributed by atoms with Crippen molar-refractivity contribution >= 4 is 5.82 Å². The predicted octanol–water partition coefficient (Wildman–Crippen LogP) is 0.927. The molecule has 1 aliphatic rings. The highest BCUT2D eigenvalue weighted by Crippen LogP contribution is 2.20. The third-order valence-corrected chi connectivity index (χ3v) is 3.25. The van der Waals surface area contributed by atoms with Gasteiger partial charge in [0.15, 0.2) is 5.82 Å². The van der Waals surface area contributed by atoms with Crippen LogP contribution in [0.25, 0.3) is 0 Å². The lowest BCUT2D eigenvalue weighted by Gasteiger charge is -2.27. The highest BCUT2D eigenvalue weighted by molar-refractivity contribution is 5.52. The summed E-state index contributed by atoms with van der Waals surface area (Å²) in [5, 5.41) is 20.4. The first-order chi connectivity index (χ1) is 8.33. The molecule has 0 aromatic carbocycles. The second-order valence-corrected chi connectivity index (χ2v) is 4.33. The monoisotopic (exact) mass is 231 g/mol. The van der Waals surface area contributed by atoms with Gasteiger partial charge < -0.3 is 10.2 Å². The van der Waals surface area contributed by atoms with Crippen LogP contribution in [0.15, 0.2) is 12.3 Å². The molecule has 1 saturated heterocycles. The Bertz CT molecular complexity index is 404. The Morgan fingerprint density at radius 1 is 1.47 bits per heavy atom. The normalized spacial score (nSPS) is 20.4. The highest BCUT2D eigenvalue weighted by Gasteiger charge is 2.20. The van der Waals surface area contributed by atoms with Crippen LogP contribution >= 0.6 is 0 Å². The molecule has 1 unspecified atom stereocenters. The summed E-state index contributed by atoms with van der Waals surface area (Å²) in [6, 6.07) is 4.33. The van der Waals surface area contributed by atoms with E-state index >= 15 is 0 Å². The number of hydrogen-bond donors (Lipinski definition) is 1. The van der Waals surface area contributed by atoms with E-state index in [1.165, 1.54) is 0 Å². The smallest absolute Gasteiger partial charge is 0.169 e. The van der Waals surface area contributed by atoms with Gasteiger partial charge in [-0.1, -0.05) is 0 Å². The Kier molecular flexibility index (Phi) is 3.89. The number of nitrogens with zero attached hydrogens (tertiary/aromatic N) is 4. The zero-order chi connectivity index (χ0) is 12.1. The average molecular weight is 231 g/mol. The van der Waals surface area contributed by atoms with E-state index in [9.17, 15) is 0 Å². The molecule has 0 bridgehead atoms. The van der Waals surface area contributed by atoms with Gasteiger partial charge in [-0.25, -0.2) is 0 Å². The lowest BCUT2D eigenvalue weighted by Crippen LogP contribution is -2.33. The second-order valence-electron chi connectivity index (χ2n) is 4.33. The molecule has 0 saturated carbocycles. The molecule has 1 fully saturated rings. The summed E-state index contributed by atoms with van der Waals surface area (Å²) in [7, 11) is 2.00. The first-order valence-electron chi connectivity index (χ1n) is 5.98. The van der Waals surface area contributed by atoms with E-state index in [1.54, 1.807) is 12.3 Å². The number of aromatic nitrogens is 2. The van der Waals surface area contributed by atoms with Crippen LogP contribution in [0, 0.1) is 11.3 Å². The molecule has 5 nitrogen and oxygen atoms in total. The van der Waals surface area contributed by atoms with Gasteiger partial charge >= 0.3 is 0 Å². The number of rotatable bonds is 2. The van der Waals surface area contributed by atoms with Crippen LogP contribution in [0.4, 0.5) is 5.82 Å². The van der Waals surface area contributed by atoms with E-state index < -0.39 is 0 Å². The Hall–Kier alpha value is -1.67. The molecule has 1 N–H and O–H groups in total. The number of hydrogen-bond acceptors (Lipinski definition) is 5. The van der Waals surface area contributed by atoms with Gasteiger partial charge in [-0.2, -0.15) is 10.4 Å².